The van der Waals surface area contributed by atoms with E-state index >= 15 is 0 Å². The monoisotopic (exact) mass is 299 g/mol. The summed E-state index contributed by atoms with van der Waals surface area (Å²) in [6.07, 6.45) is 3.23. The highest BCUT2D eigenvalue weighted by molar-refractivity contribution is 7.89. The Hall–Kier alpha value is -0.580. The first kappa shape index (κ1) is 13.4. The molecule has 1 aromatic rings. The molecule has 0 N–H and O–H groups in total. The average molecular weight is 300 g/mol. The molecule has 104 valence electrons. The molecule has 0 radical (unpaired) electrons. The van der Waals surface area contributed by atoms with Crippen LogP contribution in [0.25, 0.3) is 0 Å². The van der Waals surface area contributed by atoms with Crippen LogP contribution < -0.4 is 0 Å². The third-order valence-corrected chi connectivity index (χ3v) is 6.84. The van der Waals surface area contributed by atoms with Crippen LogP contribution in [0.3, 0.4) is 0 Å². The third-order valence-electron chi connectivity index (χ3n) is 4.49. The Balaban J connectivity index is 2.01. The molecule has 2 bridgehead atoms. The van der Waals surface area contributed by atoms with Gasteiger partial charge in [0.2, 0.25) is 10.0 Å². The third kappa shape index (κ3) is 2.10. The SMILES string of the molecule is Cc1c(CCl)cccc1S(=O)(=O)N1CC2CCC1C2. The lowest BCUT2D eigenvalue weighted by molar-refractivity contribution is 0.333. The van der Waals surface area contributed by atoms with Crippen molar-refractivity contribution in [3.05, 3.63) is 29.3 Å². The number of fused-ring (bicyclic) bond motifs is 2. The van der Waals surface area contributed by atoms with Crippen LogP contribution in [0.4, 0.5) is 0 Å². The average Bonchev–Trinajstić information content (AvgIpc) is 3.01. The molecular weight excluding hydrogens is 282 g/mol. The van der Waals surface area contributed by atoms with Crippen LogP contribution in [0.1, 0.15) is 30.4 Å². The summed E-state index contributed by atoms with van der Waals surface area (Å²) in [7, 11) is -3.36. The van der Waals surface area contributed by atoms with E-state index in [-0.39, 0.29) is 6.04 Å². The summed E-state index contributed by atoms with van der Waals surface area (Å²) in [6.45, 7) is 2.54. The number of rotatable bonds is 3. The minimum atomic E-state index is -3.36. The highest BCUT2D eigenvalue weighted by Gasteiger charge is 2.44. The van der Waals surface area contributed by atoms with Gasteiger partial charge >= 0.3 is 0 Å². The van der Waals surface area contributed by atoms with Crippen LogP contribution in [0.15, 0.2) is 23.1 Å². The highest BCUT2D eigenvalue weighted by Crippen LogP contribution is 2.41. The zero-order valence-electron chi connectivity index (χ0n) is 11.0. The van der Waals surface area contributed by atoms with E-state index in [0.29, 0.717) is 23.2 Å². The molecule has 1 aliphatic carbocycles. The van der Waals surface area contributed by atoms with Gasteiger partial charge in [-0.1, -0.05) is 12.1 Å². The van der Waals surface area contributed by atoms with Crippen molar-refractivity contribution < 1.29 is 8.42 Å². The standard InChI is InChI=1S/C14H18ClNO2S/c1-10-12(8-15)3-2-4-14(10)19(17,18)16-9-11-5-6-13(16)7-11/h2-4,11,13H,5-9H2,1H3. The summed E-state index contributed by atoms with van der Waals surface area (Å²) in [6, 6.07) is 5.59. The van der Waals surface area contributed by atoms with E-state index in [9.17, 15) is 8.42 Å². The summed E-state index contributed by atoms with van der Waals surface area (Å²) in [5.41, 5.74) is 1.69. The minimum Gasteiger partial charge on any atom is -0.207 e. The molecule has 0 spiro atoms. The van der Waals surface area contributed by atoms with Crippen molar-refractivity contribution in [1.82, 2.24) is 4.31 Å². The fourth-order valence-corrected chi connectivity index (χ4v) is 5.69. The fourth-order valence-electron chi connectivity index (χ4n) is 3.38. The van der Waals surface area contributed by atoms with E-state index in [1.807, 2.05) is 13.0 Å². The lowest BCUT2D eigenvalue weighted by atomic mass is 10.1. The normalized spacial score (nSPS) is 27.1. The number of alkyl halides is 1. The summed E-state index contributed by atoms with van der Waals surface area (Å²) < 4.78 is 27.3. The van der Waals surface area contributed by atoms with Crippen LogP contribution >= 0.6 is 11.6 Å². The maximum atomic E-state index is 12.8. The van der Waals surface area contributed by atoms with Crippen molar-refractivity contribution >= 4 is 21.6 Å². The number of nitrogens with zero attached hydrogens (tertiary/aromatic N) is 1. The van der Waals surface area contributed by atoms with Crippen LogP contribution in [0.2, 0.25) is 0 Å². The molecule has 2 atom stereocenters. The highest BCUT2D eigenvalue weighted by atomic mass is 35.5. The van der Waals surface area contributed by atoms with E-state index < -0.39 is 10.0 Å². The second-order valence-corrected chi connectivity index (χ2v) is 7.71. The van der Waals surface area contributed by atoms with Gasteiger partial charge in [-0.05, 0) is 49.3 Å². The van der Waals surface area contributed by atoms with E-state index in [2.05, 4.69) is 0 Å². The molecule has 5 heteroatoms. The van der Waals surface area contributed by atoms with Crippen molar-refractivity contribution in [3.8, 4) is 0 Å². The maximum absolute atomic E-state index is 12.8. The summed E-state index contributed by atoms with van der Waals surface area (Å²) in [5, 5.41) is 0. The summed E-state index contributed by atoms with van der Waals surface area (Å²) in [4.78, 5) is 0.429. The molecule has 2 aliphatic rings. The molecule has 1 saturated carbocycles. The first-order chi connectivity index (χ1) is 9.04. The second kappa shape index (κ2) is 4.76. The van der Waals surface area contributed by atoms with Gasteiger partial charge in [0, 0.05) is 18.5 Å². The molecule has 3 rings (SSSR count). The Labute approximate surface area is 119 Å². The van der Waals surface area contributed by atoms with Crippen LogP contribution in [-0.4, -0.2) is 25.3 Å². The predicted octanol–water partition coefficient (Wildman–Crippen LogP) is 2.91. The van der Waals surface area contributed by atoms with Crippen molar-refractivity contribution in [2.75, 3.05) is 6.54 Å². The molecule has 2 fully saturated rings. The minimum absolute atomic E-state index is 0.217. The van der Waals surface area contributed by atoms with Gasteiger partial charge in [0.05, 0.1) is 4.90 Å². The number of hydrogen-bond acceptors (Lipinski definition) is 2. The number of hydrogen-bond donors (Lipinski definition) is 0. The summed E-state index contributed by atoms with van der Waals surface area (Å²) in [5.74, 6) is 0.914. The quantitative estimate of drug-likeness (QED) is 0.805. The van der Waals surface area contributed by atoms with Crippen molar-refractivity contribution in [1.29, 1.82) is 0 Å². The van der Waals surface area contributed by atoms with E-state index in [1.165, 1.54) is 6.42 Å². The predicted molar refractivity (Wildman–Crippen MR) is 75.8 cm³/mol. The van der Waals surface area contributed by atoms with Crippen molar-refractivity contribution in [3.63, 3.8) is 0 Å². The fraction of sp³-hybridized carbons (Fsp3) is 0.571. The molecule has 19 heavy (non-hydrogen) atoms. The zero-order chi connectivity index (χ0) is 13.6. The molecule has 0 aromatic heterocycles. The Morgan fingerprint density at radius 3 is 2.74 bits per heavy atom. The maximum Gasteiger partial charge on any atom is 0.243 e. The second-order valence-electron chi connectivity index (χ2n) is 5.58. The van der Waals surface area contributed by atoms with Gasteiger partial charge in [-0.3, -0.25) is 0 Å². The molecule has 1 aromatic carbocycles. The van der Waals surface area contributed by atoms with Crippen LogP contribution in [0, 0.1) is 12.8 Å². The van der Waals surface area contributed by atoms with E-state index in [1.54, 1.807) is 16.4 Å². The smallest absolute Gasteiger partial charge is 0.207 e. The van der Waals surface area contributed by atoms with Gasteiger partial charge in [0.1, 0.15) is 0 Å². The Morgan fingerprint density at radius 2 is 2.16 bits per heavy atom. The molecule has 3 nitrogen and oxygen atoms in total. The van der Waals surface area contributed by atoms with E-state index in [4.69, 9.17) is 11.6 Å². The van der Waals surface area contributed by atoms with Gasteiger partial charge in [-0.25, -0.2) is 8.42 Å². The Bertz CT molecular complexity index is 599. The Kier molecular flexibility index (Phi) is 3.36. The largest absolute Gasteiger partial charge is 0.243 e. The zero-order valence-corrected chi connectivity index (χ0v) is 12.5. The molecule has 1 saturated heterocycles. The number of halogens is 1. The lowest BCUT2D eigenvalue weighted by Gasteiger charge is -2.27. The van der Waals surface area contributed by atoms with Gasteiger partial charge < -0.3 is 0 Å². The van der Waals surface area contributed by atoms with Gasteiger partial charge in [0.15, 0.2) is 0 Å². The molecular formula is C14H18ClNO2S. The number of piperidine rings is 1. The van der Waals surface area contributed by atoms with Gasteiger partial charge in [-0.15, -0.1) is 11.6 Å². The van der Waals surface area contributed by atoms with Crippen molar-refractivity contribution in [2.45, 2.75) is 43.0 Å². The number of sulfonamides is 1. The molecule has 1 heterocycles. The number of benzene rings is 1. The first-order valence-corrected chi connectivity index (χ1v) is 8.68. The van der Waals surface area contributed by atoms with Crippen LogP contribution in [-0.2, 0) is 15.9 Å². The first-order valence-electron chi connectivity index (χ1n) is 6.70. The lowest BCUT2D eigenvalue weighted by Crippen LogP contribution is -2.37. The van der Waals surface area contributed by atoms with Crippen molar-refractivity contribution in [2.24, 2.45) is 5.92 Å². The molecule has 0 amide bonds. The van der Waals surface area contributed by atoms with Gasteiger partial charge in [0.25, 0.3) is 0 Å². The topological polar surface area (TPSA) is 37.4 Å². The van der Waals surface area contributed by atoms with E-state index in [0.717, 1.165) is 24.0 Å². The summed E-state index contributed by atoms with van der Waals surface area (Å²) >= 11 is 5.87. The molecule has 2 unspecified atom stereocenters. The van der Waals surface area contributed by atoms with Crippen LogP contribution in [0.5, 0.6) is 0 Å². The van der Waals surface area contributed by atoms with Gasteiger partial charge in [-0.2, -0.15) is 4.31 Å². The molecule has 1 aliphatic heterocycles. The Morgan fingerprint density at radius 1 is 1.37 bits per heavy atom.